The van der Waals surface area contributed by atoms with E-state index in [0.29, 0.717) is 6.04 Å². The molecule has 3 unspecified atom stereocenters. The second-order valence-corrected chi connectivity index (χ2v) is 6.87. The number of aliphatic hydroxyl groups is 1. The lowest BCUT2D eigenvalue weighted by molar-refractivity contribution is -0.127. The first-order valence-electron chi connectivity index (χ1n) is 8.67. The van der Waals surface area contributed by atoms with E-state index >= 15 is 0 Å². The Morgan fingerprint density at radius 3 is 2.71 bits per heavy atom. The molecule has 2 saturated heterocycles. The minimum Gasteiger partial charge on any atom is -0.396 e. The van der Waals surface area contributed by atoms with Crippen LogP contribution in [0.1, 0.15) is 44.9 Å². The monoisotopic (exact) mass is 295 g/mol. The Balaban J connectivity index is 1.57. The van der Waals surface area contributed by atoms with Gasteiger partial charge in [0.15, 0.2) is 0 Å². The Morgan fingerprint density at radius 1 is 1.14 bits per heavy atom. The molecule has 5 nitrogen and oxygen atoms in total. The van der Waals surface area contributed by atoms with Gasteiger partial charge in [0.25, 0.3) is 0 Å². The second kappa shape index (κ2) is 7.07. The third-order valence-corrected chi connectivity index (χ3v) is 5.60. The Bertz CT molecular complexity index is 357. The quantitative estimate of drug-likeness (QED) is 0.706. The van der Waals surface area contributed by atoms with E-state index in [9.17, 15) is 9.90 Å². The number of hydrogen-bond donors (Lipinski definition) is 3. The highest BCUT2D eigenvalue weighted by Crippen LogP contribution is 2.28. The third-order valence-electron chi connectivity index (χ3n) is 5.60. The van der Waals surface area contributed by atoms with Crippen molar-refractivity contribution in [2.24, 2.45) is 5.92 Å². The molecule has 3 fully saturated rings. The Kier molecular flexibility index (Phi) is 5.14. The van der Waals surface area contributed by atoms with Crippen molar-refractivity contribution in [1.29, 1.82) is 0 Å². The molecule has 5 heteroatoms. The van der Waals surface area contributed by atoms with Crippen molar-refractivity contribution < 1.29 is 9.90 Å². The zero-order valence-corrected chi connectivity index (χ0v) is 12.9. The summed E-state index contributed by atoms with van der Waals surface area (Å²) in [6.45, 7) is 3.42. The number of piperidine rings is 1. The molecule has 2 heterocycles. The predicted octanol–water partition coefficient (Wildman–Crippen LogP) is 0.480. The van der Waals surface area contributed by atoms with Crippen LogP contribution in [0, 0.1) is 5.92 Å². The fourth-order valence-corrected chi connectivity index (χ4v) is 4.37. The number of amides is 1. The number of aliphatic hydroxyl groups excluding tert-OH is 1. The van der Waals surface area contributed by atoms with E-state index < -0.39 is 0 Å². The van der Waals surface area contributed by atoms with Crippen molar-refractivity contribution in [3.8, 4) is 0 Å². The maximum Gasteiger partial charge on any atom is 0.237 e. The van der Waals surface area contributed by atoms with Crippen LogP contribution in [0.4, 0.5) is 0 Å². The molecule has 21 heavy (non-hydrogen) atoms. The average molecular weight is 295 g/mol. The van der Waals surface area contributed by atoms with Crippen LogP contribution in [0.5, 0.6) is 0 Å². The lowest BCUT2D eigenvalue weighted by Crippen LogP contribution is -2.53. The minimum atomic E-state index is 0.0630. The third kappa shape index (κ3) is 3.41. The fraction of sp³-hybridized carbons (Fsp3) is 0.938. The van der Waals surface area contributed by atoms with E-state index in [2.05, 4.69) is 15.5 Å². The van der Waals surface area contributed by atoms with Crippen LogP contribution in [-0.2, 0) is 4.79 Å². The van der Waals surface area contributed by atoms with Crippen LogP contribution in [-0.4, -0.2) is 60.3 Å². The number of nitrogens with one attached hydrogen (secondary N) is 2. The van der Waals surface area contributed by atoms with Crippen molar-refractivity contribution in [2.75, 3.05) is 26.2 Å². The molecule has 0 aromatic rings. The van der Waals surface area contributed by atoms with Gasteiger partial charge in [0.2, 0.25) is 5.91 Å². The van der Waals surface area contributed by atoms with Gasteiger partial charge in [-0.2, -0.15) is 0 Å². The first-order valence-corrected chi connectivity index (χ1v) is 8.67. The SMILES string of the molecule is O=C(NC1CCCC1CO)C1CCCN1C1CCNCC1. The topological polar surface area (TPSA) is 64.6 Å². The van der Waals surface area contributed by atoms with Crippen LogP contribution in [0.3, 0.4) is 0 Å². The maximum atomic E-state index is 12.7. The van der Waals surface area contributed by atoms with Crippen molar-refractivity contribution in [3.63, 3.8) is 0 Å². The summed E-state index contributed by atoms with van der Waals surface area (Å²) in [5.74, 6) is 0.471. The number of carbonyl (C=O) groups excluding carboxylic acids is 1. The molecule has 1 aliphatic carbocycles. The first-order chi connectivity index (χ1) is 10.3. The fourth-order valence-electron chi connectivity index (χ4n) is 4.37. The van der Waals surface area contributed by atoms with E-state index in [1.165, 1.54) is 0 Å². The first kappa shape index (κ1) is 15.3. The normalized spacial score (nSPS) is 35.2. The average Bonchev–Trinajstić information content (AvgIpc) is 3.16. The minimum absolute atomic E-state index is 0.0630. The summed E-state index contributed by atoms with van der Waals surface area (Å²) in [6, 6.07) is 0.827. The number of likely N-dealkylation sites (tertiary alicyclic amines) is 1. The smallest absolute Gasteiger partial charge is 0.237 e. The molecule has 3 N–H and O–H groups in total. The molecule has 3 atom stereocenters. The van der Waals surface area contributed by atoms with Crippen LogP contribution < -0.4 is 10.6 Å². The van der Waals surface area contributed by atoms with E-state index in [1.54, 1.807) is 0 Å². The van der Waals surface area contributed by atoms with Gasteiger partial charge in [0.05, 0.1) is 6.04 Å². The zero-order chi connectivity index (χ0) is 14.7. The van der Waals surface area contributed by atoms with Crippen LogP contribution in [0.25, 0.3) is 0 Å². The summed E-state index contributed by atoms with van der Waals surface area (Å²) in [6.07, 6.45) is 7.64. The van der Waals surface area contributed by atoms with E-state index in [0.717, 1.165) is 64.6 Å². The van der Waals surface area contributed by atoms with Gasteiger partial charge in [0, 0.05) is 24.6 Å². The molecule has 120 valence electrons. The summed E-state index contributed by atoms with van der Waals surface area (Å²) < 4.78 is 0. The summed E-state index contributed by atoms with van der Waals surface area (Å²) in [7, 11) is 0. The highest BCUT2D eigenvalue weighted by Gasteiger charge is 2.37. The molecule has 1 amide bonds. The van der Waals surface area contributed by atoms with Crippen LogP contribution >= 0.6 is 0 Å². The number of nitrogens with zero attached hydrogens (tertiary/aromatic N) is 1. The number of carbonyl (C=O) groups is 1. The van der Waals surface area contributed by atoms with Gasteiger partial charge in [-0.3, -0.25) is 9.69 Å². The van der Waals surface area contributed by atoms with Crippen molar-refractivity contribution in [2.45, 2.75) is 63.1 Å². The molecule has 0 radical (unpaired) electrons. The summed E-state index contributed by atoms with van der Waals surface area (Å²) >= 11 is 0. The standard InChI is InChI=1S/C16H29N3O2/c20-11-12-3-1-4-14(12)18-16(21)15-5-2-10-19(15)13-6-8-17-9-7-13/h12-15,17,20H,1-11H2,(H,18,21). The lowest BCUT2D eigenvalue weighted by atomic mass is 10.0. The molecular weight excluding hydrogens is 266 g/mol. The van der Waals surface area contributed by atoms with Crippen molar-refractivity contribution in [1.82, 2.24) is 15.5 Å². The van der Waals surface area contributed by atoms with Crippen LogP contribution in [0.15, 0.2) is 0 Å². The van der Waals surface area contributed by atoms with E-state index in [4.69, 9.17) is 0 Å². The number of hydrogen-bond acceptors (Lipinski definition) is 4. The summed E-state index contributed by atoms with van der Waals surface area (Å²) in [5, 5.41) is 16.0. The van der Waals surface area contributed by atoms with E-state index in [-0.39, 0.29) is 30.5 Å². The molecule has 0 aromatic heterocycles. The van der Waals surface area contributed by atoms with Gasteiger partial charge in [-0.1, -0.05) is 6.42 Å². The Hall–Kier alpha value is -0.650. The molecular formula is C16H29N3O2. The largest absolute Gasteiger partial charge is 0.396 e. The van der Waals surface area contributed by atoms with Crippen molar-refractivity contribution in [3.05, 3.63) is 0 Å². The number of rotatable bonds is 4. The molecule has 0 aromatic carbocycles. The highest BCUT2D eigenvalue weighted by atomic mass is 16.3. The molecule has 3 rings (SSSR count). The van der Waals surface area contributed by atoms with Gasteiger partial charge in [0.1, 0.15) is 0 Å². The van der Waals surface area contributed by atoms with Crippen molar-refractivity contribution >= 4 is 5.91 Å². The molecule has 0 bridgehead atoms. The highest BCUT2D eigenvalue weighted by molar-refractivity contribution is 5.82. The van der Waals surface area contributed by atoms with Gasteiger partial charge < -0.3 is 15.7 Å². The van der Waals surface area contributed by atoms with Gasteiger partial charge in [-0.05, 0) is 58.2 Å². The summed E-state index contributed by atoms with van der Waals surface area (Å²) in [5.41, 5.74) is 0. The molecule has 0 spiro atoms. The van der Waals surface area contributed by atoms with Crippen LogP contribution in [0.2, 0.25) is 0 Å². The van der Waals surface area contributed by atoms with Gasteiger partial charge >= 0.3 is 0 Å². The summed E-state index contributed by atoms with van der Waals surface area (Å²) in [4.78, 5) is 15.1. The Labute approximate surface area is 127 Å². The zero-order valence-electron chi connectivity index (χ0n) is 12.9. The maximum absolute atomic E-state index is 12.7. The second-order valence-electron chi connectivity index (χ2n) is 6.87. The van der Waals surface area contributed by atoms with Gasteiger partial charge in [-0.25, -0.2) is 0 Å². The molecule has 2 aliphatic heterocycles. The molecule has 3 aliphatic rings. The van der Waals surface area contributed by atoms with E-state index in [1.807, 2.05) is 0 Å². The van der Waals surface area contributed by atoms with Gasteiger partial charge in [-0.15, -0.1) is 0 Å². The predicted molar refractivity (Wildman–Crippen MR) is 82.0 cm³/mol. The Morgan fingerprint density at radius 2 is 1.95 bits per heavy atom. The lowest BCUT2D eigenvalue weighted by Gasteiger charge is -2.35. The molecule has 1 saturated carbocycles.